The highest BCUT2D eigenvalue weighted by Gasteiger charge is 1.94. The van der Waals surface area contributed by atoms with Crippen molar-refractivity contribution in [1.82, 2.24) is 0 Å². The van der Waals surface area contributed by atoms with Crippen LogP contribution in [-0.2, 0) is 0 Å². The van der Waals surface area contributed by atoms with Gasteiger partial charge < -0.3 is 0 Å². The van der Waals surface area contributed by atoms with Gasteiger partial charge in [-0.1, -0.05) is 32.4 Å². The summed E-state index contributed by atoms with van der Waals surface area (Å²) in [4.78, 5) is 0. The minimum Gasteiger partial charge on any atom is -0.0761 e. The monoisotopic (exact) mass is 156 g/mol. The predicted molar refractivity (Wildman–Crippen MR) is 42.8 cm³/mol. The van der Waals surface area contributed by atoms with Crippen LogP contribution >= 0.6 is 0 Å². The quantitative estimate of drug-likeness (QED) is 0.424. The van der Waals surface area contributed by atoms with E-state index >= 15 is 0 Å². The maximum Gasteiger partial charge on any atom is 0.0216 e. The molecule has 0 heterocycles. The smallest absolute Gasteiger partial charge is 0.0216 e. The summed E-state index contributed by atoms with van der Waals surface area (Å²) in [7, 11) is 4.80. The normalized spacial score (nSPS) is 10.5. The van der Waals surface area contributed by atoms with Crippen LogP contribution < -0.4 is 0 Å². The first kappa shape index (κ1) is 8.65. The van der Waals surface area contributed by atoms with Crippen molar-refractivity contribution in [3.8, 4) is 0 Å². The van der Waals surface area contributed by atoms with Gasteiger partial charge in [-0.15, -0.1) is 0 Å². The summed E-state index contributed by atoms with van der Waals surface area (Å²) in [6.45, 7) is 4.57. The molecule has 0 aromatic heterocycles. The van der Waals surface area contributed by atoms with Crippen LogP contribution in [0, 0.1) is 0 Å². The second-order valence-electron chi connectivity index (χ2n) is 1.91. The highest BCUT2D eigenvalue weighted by molar-refractivity contribution is 7.34. The van der Waals surface area contributed by atoms with Gasteiger partial charge in [0, 0.05) is 26.6 Å². The van der Waals surface area contributed by atoms with Gasteiger partial charge in [-0.05, 0) is 0 Å². The molecule has 0 saturated carbocycles. The van der Waals surface area contributed by atoms with Crippen molar-refractivity contribution in [1.29, 1.82) is 0 Å². The maximum absolute atomic E-state index is 3.66. The van der Waals surface area contributed by atoms with Crippen LogP contribution in [0.2, 0.25) is 12.6 Å². The number of rotatable bonds is 4. The molecule has 0 aliphatic heterocycles. The number of hydrogen-bond donors (Lipinski definition) is 0. The van der Waals surface area contributed by atoms with Crippen LogP contribution in [0.4, 0.5) is 0 Å². The second-order valence-corrected chi connectivity index (χ2v) is 11.1. The Morgan fingerprint density at radius 1 is 1.62 bits per heavy atom. The van der Waals surface area contributed by atoms with E-state index in [4.69, 9.17) is 0 Å². The largest absolute Gasteiger partial charge is 0.0761 e. The van der Waals surface area contributed by atoms with E-state index in [1.54, 1.807) is 0 Å². The van der Waals surface area contributed by atoms with Crippen molar-refractivity contribution in [2.75, 3.05) is 0 Å². The van der Waals surface area contributed by atoms with Gasteiger partial charge in [-0.25, -0.2) is 0 Å². The summed E-state index contributed by atoms with van der Waals surface area (Å²) in [6.07, 6.45) is 2.78. The van der Waals surface area contributed by atoms with Gasteiger partial charge in [0.25, 0.3) is 0 Å². The van der Waals surface area contributed by atoms with E-state index < -0.39 is 0 Å². The van der Waals surface area contributed by atoms with Crippen molar-refractivity contribution < 1.29 is 0 Å². The van der Waals surface area contributed by atoms with E-state index in [0.717, 1.165) is 0 Å². The van der Waals surface area contributed by atoms with Crippen LogP contribution in [0.3, 0.4) is 0 Å². The predicted octanol–water partition coefficient (Wildman–Crippen LogP) is 1.20. The van der Waals surface area contributed by atoms with Crippen molar-refractivity contribution in [3.63, 3.8) is 0 Å². The first-order chi connectivity index (χ1) is 3.77. The third-order valence-corrected chi connectivity index (χ3v) is 5.99. The Morgan fingerprint density at radius 3 is 2.62 bits per heavy atom. The van der Waals surface area contributed by atoms with E-state index in [-0.39, 0.29) is 7.83 Å². The molecule has 0 unspecified atom stereocenters. The van der Waals surface area contributed by atoms with Crippen LogP contribution in [0.5, 0.6) is 0 Å². The minimum atomic E-state index is -0.0738. The van der Waals surface area contributed by atoms with E-state index in [0.29, 0.717) is 0 Å². The van der Waals surface area contributed by atoms with E-state index in [9.17, 15) is 0 Å². The molecule has 3 heteroatoms. The molecule has 0 N–H and O–H groups in total. The molecule has 0 aliphatic carbocycles. The third-order valence-electron chi connectivity index (χ3n) is 0.920. The molecule has 0 amide bonds. The SMILES string of the molecule is CCCC[Si][Si](C)[Si]. The fraction of sp³-hybridized carbons (Fsp3) is 1.00. The standard InChI is InChI=1S/C5H12Si3/c1-3-4-5-7-8(2)6/h3-5H2,1-2H3. The lowest BCUT2D eigenvalue weighted by atomic mass is 10.4. The molecule has 0 bridgehead atoms. The lowest BCUT2D eigenvalue weighted by Crippen LogP contribution is -2.17. The van der Waals surface area contributed by atoms with Crippen LogP contribution in [0.25, 0.3) is 0 Å². The van der Waals surface area contributed by atoms with Crippen LogP contribution in [0.15, 0.2) is 0 Å². The van der Waals surface area contributed by atoms with Crippen molar-refractivity contribution in [2.24, 2.45) is 0 Å². The summed E-state index contributed by atoms with van der Waals surface area (Å²) < 4.78 is 0. The van der Waals surface area contributed by atoms with E-state index in [1.807, 2.05) is 0 Å². The molecule has 0 fully saturated rings. The summed E-state index contributed by atoms with van der Waals surface area (Å²) in [5.41, 5.74) is 0. The van der Waals surface area contributed by atoms with E-state index in [1.165, 1.54) is 27.9 Å². The molecule has 0 aromatic carbocycles. The average molecular weight is 156 g/mol. The number of unbranched alkanes of at least 4 members (excludes halogenated alkanes) is 1. The minimum absolute atomic E-state index is 0.0738. The fourth-order valence-electron chi connectivity index (χ4n) is 0.453. The Morgan fingerprint density at radius 2 is 2.25 bits per heavy atom. The molecule has 0 aromatic rings. The van der Waals surface area contributed by atoms with Crippen LogP contribution in [0.1, 0.15) is 19.8 Å². The molecule has 0 nitrogen and oxygen atoms in total. The molecule has 0 atom stereocenters. The second kappa shape index (κ2) is 5.78. The first-order valence-electron chi connectivity index (χ1n) is 3.06. The molecular formula is C5H12Si3. The zero-order valence-electron chi connectivity index (χ0n) is 5.62. The maximum atomic E-state index is 3.66. The fourth-order valence-corrected chi connectivity index (χ4v) is 4.14. The highest BCUT2D eigenvalue weighted by Crippen LogP contribution is 1.92. The van der Waals surface area contributed by atoms with Gasteiger partial charge >= 0.3 is 0 Å². The van der Waals surface area contributed by atoms with Gasteiger partial charge in [0.05, 0.1) is 0 Å². The zero-order valence-corrected chi connectivity index (χ0v) is 8.62. The molecule has 8 heavy (non-hydrogen) atoms. The highest BCUT2D eigenvalue weighted by atomic mass is 29.5. The van der Waals surface area contributed by atoms with Gasteiger partial charge in [0.2, 0.25) is 0 Å². The van der Waals surface area contributed by atoms with Crippen molar-refractivity contribution in [3.05, 3.63) is 0 Å². The Hall–Kier alpha value is 0.651. The molecule has 0 aliphatic rings. The summed E-state index contributed by atoms with van der Waals surface area (Å²) in [5, 5.41) is 0. The number of hydrogen-bond acceptors (Lipinski definition) is 0. The van der Waals surface area contributed by atoms with Gasteiger partial charge in [0.1, 0.15) is 0 Å². The third kappa shape index (κ3) is 6.65. The lowest BCUT2D eigenvalue weighted by Gasteiger charge is -1.97. The zero-order chi connectivity index (χ0) is 6.41. The van der Waals surface area contributed by atoms with E-state index in [2.05, 4.69) is 23.2 Å². The van der Waals surface area contributed by atoms with Gasteiger partial charge in [-0.3, -0.25) is 0 Å². The summed E-state index contributed by atoms with van der Waals surface area (Å²) >= 11 is 0. The Labute approximate surface area is 59.5 Å². The molecule has 0 saturated heterocycles. The van der Waals surface area contributed by atoms with Crippen molar-refractivity contribution >= 4 is 26.6 Å². The van der Waals surface area contributed by atoms with Crippen molar-refractivity contribution in [2.45, 2.75) is 32.4 Å². The summed E-state index contributed by atoms with van der Waals surface area (Å²) in [5.74, 6) is 0. The molecule has 0 rings (SSSR count). The topological polar surface area (TPSA) is 0 Å². The Bertz CT molecular complexity index is 44.9. The average Bonchev–Trinajstić information content (AvgIpc) is 1.66. The molecule has 6 radical (unpaired) electrons. The lowest BCUT2D eigenvalue weighted by molar-refractivity contribution is 0.882. The Balaban J connectivity index is 2.72. The molecule has 0 spiro atoms. The summed E-state index contributed by atoms with van der Waals surface area (Å²) in [6, 6.07) is 1.45. The van der Waals surface area contributed by atoms with Gasteiger partial charge in [0.15, 0.2) is 0 Å². The molecular weight excluding hydrogens is 144 g/mol. The molecule has 44 valence electrons. The van der Waals surface area contributed by atoms with Crippen LogP contribution in [-0.4, -0.2) is 26.6 Å². The Kier molecular flexibility index (Phi) is 6.25. The first-order valence-corrected chi connectivity index (χ1v) is 8.77. The van der Waals surface area contributed by atoms with Gasteiger partial charge in [-0.2, -0.15) is 0 Å².